The molecule has 1 heteroatoms. The minimum Gasteiger partial charge on any atom is -0.388 e. The van der Waals surface area contributed by atoms with Gasteiger partial charge >= 0.3 is 0 Å². The van der Waals surface area contributed by atoms with Crippen molar-refractivity contribution in [1.82, 2.24) is 0 Å². The molecule has 0 aliphatic heterocycles. The van der Waals surface area contributed by atoms with Crippen molar-refractivity contribution in [2.75, 3.05) is 12.4 Å². The second kappa shape index (κ2) is 8.19. The van der Waals surface area contributed by atoms with Gasteiger partial charge in [-0.25, -0.2) is 0 Å². The van der Waals surface area contributed by atoms with Gasteiger partial charge in [-0.15, -0.1) is 0 Å². The molecule has 0 aliphatic carbocycles. The topological polar surface area (TPSA) is 12.0 Å². The molecule has 1 unspecified atom stereocenters. The Hall–Kier alpha value is -1.76. The van der Waals surface area contributed by atoms with Crippen LogP contribution in [0.3, 0.4) is 0 Å². The molecule has 2 aromatic rings. The van der Waals surface area contributed by atoms with Crippen LogP contribution in [0.25, 0.3) is 0 Å². The van der Waals surface area contributed by atoms with E-state index in [2.05, 4.69) is 82.5 Å². The first-order valence-corrected chi connectivity index (χ1v) is 8.94. The third-order valence-electron chi connectivity index (χ3n) is 4.82. The predicted molar refractivity (Wildman–Crippen MR) is 102 cm³/mol. The second-order valence-electron chi connectivity index (χ2n) is 6.91. The SMILES string of the molecule is CCCc1cc(Cc2ccccc2)cc(C(C)C(C)C)c1NC. The number of hydrogen-bond donors (Lipinski definition) is 1. The maximum atomic E-state index is 3.48. The average Bonchev–Trinajstić information content (AvgIpc) is 2.55. The lowest BCUT2D eigenvalue weighted by atomic mass is 9.85. The Morgan fingerprint density at radius 2 is 1.65 bits per heavy atom. The van der Waals surface area contributed by atoms with Gasteiger partial charge in [-0.1, -0.05) is 76.6 Å². The van der Waals surface area contributed by atoms with Gasteiger partial charge in [0.05, 0.1) is 0 Å². The van der Waals surface area contributed by atoms with E-state index in [-0.39, 0.29) is 0 Å². The highest BCUT2D eigenvalue weighted by molar-refractivity contribution is 5.61. The van der Waals surface area contributed by atoms with Crippen LogP contribution in [-0.4, -0.2) is 7.05 Å². The van der Waals surface area contributed by atoms with Crippen LogP contribution in [0.2, 0.25) is 0 Å². The van der Waals surface area contributed by atoms with Crippen molar-refractivity contribution < 1.29 is 0 Å². The van der Waals surface area contributed by atoms with Gasteiger partial charge in [0.2, 0.25) is 0 Å². The number of hydrogen-bond acceptors (Lipinski definition) is 1. The summed E-state index contributed by atoms with van der Waals surface area (Å²) in [7, 11) is 2.06. The summed E-state index contributed by atoms with van der Waals surface area (Å²) in [5, 5.41) is 3.48. The summed E-state index contributed by atoms with van der Waals surface area (Å²) in [6, 6.07) is 15.6. The van der Waals surface area contributed by atoms with Crippen LogP contribution in [0.1, 0.15) is 62.3 Å². The van der Waals surface area contributed by atoms with Crippen molar-refractivity contribution in [3.63, 3.8) is 0 Å². The van der Waals surface area contributed by atoms with E-state index in [1.54, 1.807) is 0 Å². The highest BCUT2D eigenvalue weighted by atomic mass is 14.8. The molecule has 0 spiro atoms. The monoisotopic (exact) mass is 309 g/mol. The van der Waals surface area contributed by atoms with Gasteiger partial charge in [-0.05, 0) is 46.9 Å². The fraction of sp³-hybridized carbons (Fsp3) is 0.455. The van der Waals surface area contributed by atoms with Gasteiger partial charge < -0.3 is 5.32 Å². The minimum absolute atomic E-state index is 0.559. The van der Waals surface area contributed by atoms with Gasteiger partial charge in [0.15, 0.2) is 0 Å². The molecule has 0 saturated carbocycles. The third-order valence-corrected chi connectivity index (χ3v) is 4.82. The quantitative estimate of drug-likeness (QED) is 0.658. The summed E-state index contributed by atoms with van der Waals surface area (Å²) in [5.41, 5.74) is 7.10. The number of nitrogens with one attached hydrogen (secondary N) is 1. The van der Waals surface area contributed by atoms with Crippen molar-refractivity contribution in [3.05, 3.63) is 64.7 Å². The van der Waals surface area contributed by atoms with Gasteiger partial charge in [0, 0.05) is 12.7 Å². The first-order valence-electron chi connectivity index (χ1n) is 8.94. The van der Waals surface area contributed by atoms with Crippen LogP contribution in [0, 0.1) is 5.92 Å². The van der Waals surface area contributed by atoms with Crippen molar-refractivity contribution in [3.8, 4) is 0 Å². The Kier molecular flexibility index (Phi) is 6.27. The summed E-state index contributed by atoms with van der Waals surface area (Å²) in [4.78, 5) is 0. The van der Waals surface area contributed by atoms with E-state index in [1.165, 1.54) is 34.4 Å². The second-order valence-corrected chi connectivity index (χ2v) is 6.91. The predicted octanol–water partition coefficient (Wildman–Crippen LogP) is 6.03. The summed E-state index contributed by atoms with van der Waals surface area (Å²) in [6.07, 6.45) is 3.33. The molecule has 0 fully saturated rings. The molecule has 23 heavy (non-hydrogen) atoms. The lowest BCUT2D eigenvalue weighted by Gasteiger charge is -2.23. The molecule has 1 N–H and O–H groups in total. The van der Waals surface area contributed by atoms with Crippen molar-refractivity contribution >= 4 is 5.69 Å². The van der Waals surface area contributed by atoms with Crippen LogP contribution in [0.5, 0.6) is 0 Å². The zero-order valence-corrected chi connectivity index (χ0v) is 15.3. The smallest absolute Gasteiger partial charge is 0.0405 e. The fourth-order valence-electron chi connectivity index (χ4n) is 3.22. The largest absolute Gasteiger partial charge is 0.388 e. The van der Waals surface area contributed by atoms with E-state index in [0.717, 1.165) is 12.8 Å². The molecular weight excluding hydrogens is 278 g/mol. The van der Waals surface area contributed by atoms with Crippen LogP contribution in [-0.2, 0) is 12.8 Å². The van der Waals surface area contributed by atoms with Crippen molar-refractivity contribution in [2.24, 2.45) is 5.92 Å². The molecule has 0 saturated heterocycles. The van der Waals surface area contributed by atoms with E-state index in [1.807, 2.05) is 0 Å². The summed E-state index contributed by atoms with van der Waals surface area (Å²) < 4.78 is 0. The van der Waals surface area contributed by atoms with E-state index >= 15 is 0 Å². The minimum atomic E-state index is 0.559. The van der Waals surface area contributed by atoms with Gasteiger partial charge in [0.25, 0.3) is 0 Å². The highest BCUT2D eigenvalue weighted by Crippen LogP contribution is 2.34. The number of benzene rings is 2. The maximum absolute atomic E-state index is 3.48. The normalized spacial score (nSPS) is 12.4. The first-order chi connectivity index (χ1) is 11.1. The Labute approximate surface area is 142 Å². The summed E-state index contributed by atoms with van der Waals surface area (Å²) in [6.45, 7) is 9.23. The van der Waals surface area contributed by atoms with Crippen LogP contribution in [0.15, 0.2) is 42.5 Å². The van der Waals surface area contributed by atoms with E-state index in [9.17, 15) is 0 Å². The molecule has 1 atom stereocenters. The molecule has 124 valence electrons. The van der Waals surface area contributed by atoms with E-state index < -0.39 is 0 Å². The van der Waals surface area contributed by atoms with Gasteiger partial charge in [-0.2, -0.15) is 0 Å². The number of anilines is 1. The zero-order chi connectivity index (χ0) is 16.8. The molecule has 2 rings (SSSR count). The van der Waals surface area contributed by atoms with Crippen LogP contribution >= 0.6 is 0 Å². The molecule has 1 nitrogen and oxygen atoms in total. The van der Waals surface area contributed by atoms with Gasteiger partial charge in [0.1, 0.15) is 0 Å². The third kappa shape index (κ3) is 4.37. The highest BCUT2D eigenvalue weighted by Gasteiger charge is 2.17. The Morgan fingerprint density at radius 3 is 2.22 bits per heavy atom. The standard InChI is InChI=1S/C22H31N/c1-6-10-20-14-19(13-18-11-8-7-9-12-18)15-21(22(20)23-5)17(4)16(2)3/h7-9,11-12,14-17,23H,6,10,13H2,1-5H3. The lowest BCUT2D eigenvalue weighted by Crippen LogP contribution is -2.09. The molecule has 0 aliphatic rings. The Morgan fingerprint density at radius 1 is 0.957 bits per heavy atom. The zero-order valence-electron chi connectivity index (χ0n) is 15.3. The number of aryl methyl sites for hydroxylation is 1. The molecule has 0 aromatic heterocycles. The van der Waals surface area contributed by atoms with Crippen molar-refractivity contribution in [1.29, 1.82) is 0 Å². The van der Waals surface area contributed by atoms with E-state index in [4.69, 9.17) is 0 Å². The van der Waals surface area contributed by atoms with Crippen LogP contribution in [0.4, 0.5) is 5.69 Å². The molecule has 2 aromatic carbocycles. The first kappa shape index (κ1) is 17.6. The summed E-state index contributed by atoms with van der Waals surface area (Å²) >= 11 is 0. The fourth-order valence-corrected chi connectivity index (χ4v) is 3.22. The summed E-state index contributed by atoms with van der Waals surface area (Å²) in [5.74, 6) is 1.20. The van der Waals surface area contributed by atoms with E-state index in [0.29, 0.717) is 11.8 Å². The Balaban J connectivity index is 2.46. The maximum Gasteiger partial charge on any atom is 0.0405 e. The molecular formula is C22H31N. The van der Waals surface area contributed by atoms with Crippen LogP contribution < -0.4 is 5.32 Å². The van der Waals surface area contributed by atoms with Gasteiger partial charge in [-0.3, -0.25) is 0 Å². The molecule has 0 heterocycles. The Bertz CT molecular complexity index is 613. The average molecular weight is 309 g/mol. The molecule has 0 radical (unpaired) electrons. The van der Waals surface area contributed by atoms with Crippen molar-refractivity contribution in [2.45, 2.75) is 52.9 Å². The molecule has 0 amide bonds. The molecule has 0 bridgehead atoms. The lowest BCUT2D eigenvalue weighted by molar-refractivity contribution is 0.535. The number of rotatable bonds is 7.